The number of nitrogens with one attached hydrogen (secondary N) is 1. The Balaban J connectivity index is 2.51. The number of nitrogens with zero attached hydrogens (tertiary/aromatic N) is 1. The van der Waals surface area contributed by atoms with Crippen molar-refractivity contribution in [3.8, 4) is 11.1 Å². The lowest BCUT2D eigenvalue weighted by molar-refractivity contribution is -0.137. The highest BCUT2D eigenvalue weighted by atomic mass is 35.5. The van der Waals surface area contributed by atoms with Crippen LogP contribution in [0.3, 0.4) is 0 Å². The molecule has 0 aliphatic heterocycles. The molecule has 0 heterocycles. The summed E-state index contributed by atoms with van der Waals surface area (Å²) < 4.78 is 68.6. The van der Waals surface area contributed by atoms with Gasteiger partial charge in [-0.3, -0.25) is 0 Å². The van der Waals surface area contributed by atoms with Crippen molar-refractivity contribution >= 4 is 39.7 Å². The summed E-state index contributed by atoms with van der Waals surface area (Å²) in [5.41, 5.74) is -0.334. The van der Waals surface area contributed by atoms with Gasteiger partial charge >= 0.3 is 6.18 Å². The first-order valence-electron chi connectivity index (χ1n) is 7.24. The van der Waals surface area contributed by atoms with Crippen molar-refractivity contribution in [3.63, 3.8) is 0 Å². The summed E-state index contributed by atoms with van der Waals surface area (Å²) in [5.74, 6) is 0. The SMILES string of the molecule is C[C@@H](NS(C)(=O)=O)c1ccc(-c2c(Cl)cc(N=S)cc2C(F)(F)F)cc1. The number of halogens is 4. The van der Waals surface area contributed by atoms with Gasteiger partial charge in [-0.25, -0.2) is 13.1 Å². The lowest BCUT2D eigenvalue weighted by Crippen LogP contribution is -2.25. The molecule has 0 bridgehead atoms. The molecule has 0 spiro atoms. The first kappa shape index (κ1) is 20.8. The fourth-order valence-corrected chi connectivity index (χ4v) is 3.70. The lowest BCUT2D eigenvalue weighted by atomic mass is 9.96. The third kappa shape index (κ3) is 5.00. The molecule has 4 nitrogen and oxygen atoms in total. The van der Waals surface area contributed by atoms with E-state index in [2.05, 4.69) is 21.5 Å². The predicted molar refractivity (Wildman–Crippen MR) is 97.7 cm³/mol. The summed E-state index contributed by atoms with van der Waals surface area (Å²) in [6.07, 6.45) is -3.61. The maximum Gasteiger partial charge on any atom is 0.417 e. The van der Waals surface area contributed by atoms with Crippen molar-refractivity contribution in [1.29, 1.82) is 0 Å². The Kier molecular flexibility index (Phi) is 6.06. The fourth-order valence-electron chi connectivity index (χ4n) is 2.49. The Morgan fingerprint density at radius 3 is 2.23 bits per heavy atom. The van der Waals surface area contributed by atoms with Gasteiger partial charge < -0.3 is 0 Å². The zero-order chi connectivity index (χ0) is 19.7. The predicted octanol–water partition coefficient (Wildman–Crippen LogP) is 5.00. The Bertz CT molecular complexity index is 930. The molecule has 0 aromatic heterocycles. The van der Waals surface area contributed by atoms with E-state index in [1.807, 2.05) is 0 Å². The van der Waals surface area contributed by atoms with E-state index in [0.717, 1.165) is 12.3 Å². The van der Waals surface area contributed by atoms with Crippen molar-refractivity contribution in [1.82, 2.24) is 4.72 Å². The quantitative estimate of drug-likeness (QED) is 0.737. The molecule has 0 aliphatic rings. The molecule has 140 valence electrons. The van der Waals surface area contributed by atoms with Gasteiger partial charge in [0.05, 0.1) is 22.5 Å². The lowest BCUT2D eigenvalue weighted by Gasteiger charge is -2.17. The molecule has 0 saturated heterocycles. The van der Waals surface area contributed by atoms with E-state index < -0.39 is 27.8 Å². The molecule has 2 aromatic rings. The minimum Gasteiger partial charge on any atom is -0.213 e. The van der Waals surface area contributed by atoms with Gasteiger partial charge in [-0.15, -0.1) is 0 Å². The van der Waals surface area contributed by atoms with Crippen LogP contribution in [0.25, 0.3) is 11.1 Å². The molecule has 0 unspecified atom stereocenters. The molecule has 2 rings (SSSR count). The summed E-state index contributed by atoms with van der Waals surface area (Å²) in [7, 11) is -3.41. The zero-order valence-corrected chi connectivity index (χ0v) is 16.0. The van der Waals surface area contributed by atoms with E-state index >= 15 is 0 Å². The van der Waals surface area contributed by atoms with Crippen molar-refractivity contribution in [2.75, 3.05) is 6.26 Å². The van der Waals surface area contributed by atoms with Crippen molar-refractivity contribution in [2.45, 2.75) is 19.1 Å². The second kappa shape index (κ2) is 7.59. The molecule has 1 atom stereocenters. The third-order valence-corrected chi connectivity index (χ3v) is 4.87. The number of hydrogen-bond donors (Lipinski definition) is 1. The highest BCUT2D eigenvalue weighted by molar-refractivity contribution is 7.88. The van der Waals surface area contributed by atoms with Crippen LogP contribution in [0.1, 0.15) is 24.1 Å². The van der Waals surface area contributed by atoms with E-state index in [1.54, 1.807) is 19.1 Å². The third-order valence-electron chi connectivity index (χ3n) is 3.58. The van der Waals surface area contributed by atoms with Gasteiger partial charge in [0.15, 0.2) is 0 Å². The topological polar surface area (TPSA) is 58.5 Å². The monoisotopic (exact) mass is 422 g/mol. The summed E-state index contributed by atoms with van der Waals surface area (Å²) in [5, 5.41) is -0.126. The standard InChI is InChI=1S/C16H14ClF3N2O2S2/c1-9(22-26(2,23)24)10-3-5-11(6-4-10)15-13(16(18,19)20)7-12(21-25)8-14(15)17/h3-9,22H,1-2H3/t9-/m1/s1. The summed E-state index contributed by atoms with van der Waals surface area (Å²) >= 11 is 10.5. The summed E-state index contributed by atoms with van der Waals surface area (Å²) in [6.45, 7) is 1.63. The molecule has 0 saturated carbocycles. The minimum atomic E-state index is -4.64. The second-order valence-corrected chi connectivity index (χ2v) is 8.04. The number of benzene rings is 2. The maximum absolute atomic E-state index is 13.4. The van der Waals surface area contributed by atoms with Crippen LogP contribution in [-0.4, -0.2) is 14.7 Å². The maximum atomic E-state index is 13.4. The van der Waals surface area contributed by atoms with Crippen LogP contribution >= 0.6 is 11.6 Å². The Labute approximate surface area is 159 Å². The van der Waals surface area contributed by atoms with Gasteiger partial charge in [0.1, 0.15) is 0 Å². The van der Waals surface area contributed by atoms with Crippen LogP contribution in [0.5, 0.6) is 0 Å². The van der Waals surface area contributed by atoms with Gasteiger partial charge in [0.2, 0.25) is 10.0 Å². The molecule has 0 fully saturated rings. The summed E-state index contributed by atoms with van der Waals surface area (Å²) in [6, 6.07) is 7.57. The minimum absolute atomic E-state index is 0.0522. The van der Waals surface area contributed by atoms with Crippen LogP contribution in [0.2, 0.25) is 5.02 Å². The van der Waals surface area contributed by atoms with Gasteiger partial charge in [-0.05, 0) is 30.2 Å². The number of hydrogen-bond acceptors (Lipinski definition) is 4. The van der Waals surface area contributed by atoms with Crippen LogP contribution < -0.4 is 4.72 Å². The molecule has 0 amide bonds. The van der Waals surface area contributed by atoms with Crippen molar-refractivity contribution < 1.29 is 21.6 Å². The smallest absolute Gasteiger partial charge is 0.213 e. The summed E-state index contributed by atoms with van der Waals surface area (Å²) in [4.78, 5) is 0. The molecule has 10 heteroatoms. The van der Waals surface area contributed by atoms with Crippen LogP contribution in [-0.2, 0) is 28.6 Å². The van der Waals surface area contributed by atoms with Crippen LogP contribution in [0, 0.1) is 0 Å². The van der Waals surface area contributed by atoms with Crippen LogP contribution in [0.4, 0.5) is 18.9 Å². The normalized spacial score (nSPS) is 13.5. The zero-order valence-electron chi connectivity index (χ0n) is 13.6. The first-order valence-corrected chi connectivity index (χ1v) is 9.87. The van der Waals surface area contributed by atoms with E-state index in [9.17, 15) is 21.6 Å². The molecule has 2 aromatic carbocycles. The number of sulfonamides is 1. The van der Waals surface area contributed by atoms with Crippen LogP contribution in [0.15, 0.2) is 40.8 Å². The average Bonchev–Trinajstić information content (AvgIpc) is 2.51. The molecule has 0 aliphatic carbocycles. The van der Waals surface area contributed by atoms with Gasteiger partial charge in [0.25, 0.3) is 0 Å². The van der Waals surface area contributed by atoms with Gasteiger partial charge in [-0.2, -0.15) is 17.5 Å². The Morgan fingerprint density at radius 1 is 1.19 bits per heavy atom. The molecule has 1 N–H and O–H groups in total. The number of alkyl halides is 3. The molecule has 26 heavy (non-hydrogen) atoms. The molecule has 0 radical (unpaired) electrons. The molecular formula is C16H14ClF3N2O2S2. The van der Waals surface area contributed by atoms with E-state index in [1.165, 1.54) is 18.2 Å². The van der Waals surface area contributed by atoms with E-state index in [-0.39, 0.29) is 21.8 Å². The highest BCUT2D eigenvalue weighted by Crippen LogP contribution is 2.43. The van der Waals surface area contributed by atoms with Gasteiger partial charge in [0, 0.05) is 24.0 Å². The average molecular weight is 423 g/mol. The van der Waals surface area contributed by atoms with Crippen molar-refractivity contribution in [3.05, 3.63) is 52.5 Å². The highest BCUT2D eigenvalue weighted by Gasteiger charge is 2.35. The van der Waals surface area contributed by atoms with E-state index in [4.69, 9.17) is 11.6 Å². The largest absolute Gasteiger partial charge is 0.417 e. The number of rotatable bonds is 5. The Morgan fingerprint density at radius 2 is 1.77 bits per heavy atom. The Hall–Kier alpha value is -1.55. The van der Waals surface area contributed by atoms with Crippen molar-refractivity contribution in [2.24, 2.45) is 4.36 Å². The van der Waals surface area contributed by atoms with E-state index in [0.29, 0.717) is 5.56 Å². The fraction of sp³-hybridized carbons (Fsp3) is 0.250. The first-order chi connectivity index (χ1) is 11.9. The second-order valence-electron chi connectivity index (χ2n) is 5.67. The molecular weight excluding hydrogens is 409 g/mol. The van der Waals surface area contributed by atoms with Gasteiger partial charge in [-0.1, -0.05) is 35.9 Å².